The van der Waals surface area contributed by atoms with E-state index in [1.807, 2.05) is 37.3 Å². The Morgan fingerprint density at radius 3 is 2.62 bits per heavy atom. The molecule has 0 saturated carbocycles. The number of allylic oxidation sites excluding steroid dienone is 2. The van der Waals surface area contributed by atoms with Crippen LogP contribution in [0.1, 0.15) is 25.5 Å². The van der Waals surface area contributed by atoms with Gasteiger partial charge in [0.1, 0.15) is 17.6 Å². The molecule has 1 aliphatic heterocycles. The Balaban J connectivity index is 1.34. The summed E-state index contributed by atoms with van der Waals surface area (Å²) >= 11 is 0. The number of benzene rings is 3. The lowest BCUT2D eigenvalue weighted by atomic mass is 10.0. The molecule has 204 valence electrons. The molecular formula is C31H28FN3O5. The van der Waals surface area contributed by atoms with Gasteiger partial charge in [-0.15, -0.1) is 0 Å². The zero-order chi connectivity index (χ0) is 28.2. The fourth-order valence-corrected chi connectivity index (χ4v) is 4.47. The Morgan fingerprint density at radius 1 is 1.10 bits per heavy atom. The average Bonchev–Trinajstić information content (AvgIpc) is 2.98. The molecule has 0 bridgehead atoms. The van der Waals surface area contributed by atoms with Gasteiger partial charge in [0.25, 0.3) is 11.8 Å². The normalized spacial score (nSPS) is 17.6. The number of amides is 2. The predicted octanol–water partition coefficient (Wildman–Crippen LogP) is 6.01. The van der Waals surface area contributed by atoms with Crippen LogP contribution in [-0.2, 0) is 14.3 Å². The van der Waals surface area contributed by atoms with Crippen LogP contribution in [0.15, 0.2) is 90.8 Å². The smallest absolute Gasteiger partial charge is 0.265 e. The number of nitrogens with zero attached hydrogens (tertiary/aromatic N) is 2. The lowest BCUT2D eigenvalue weighted by molar-refractivity contribution is -0.164. The summed E-state index contributed by atoms with van der Waals surface area (Å²) in [5, 5.41) is 3.30. The van der Waals surface area contributed by atoms with E-state index in [4.69, 9.17) is 14.2 Å². The second-order valence-corrected chi connectivity index (χ2v) is 9.22. The van der Waals surface area contributed by atoms with E-state index in [1.165, 1.54) is 17.0 Å². The molecule has 2 atom stereocenters. The van der Waals surface area contributed by atoms with Crippen LogP contribution in [0.25, 0.3) is 10.9 Å². The average molecular weight is 542 g/mol. The van der Waals surface area contributed by atoms with E-state index in [-0.39, 0.29) is 18.0 Å². The highest BCUT2D eigenvalue weighted by molar-refractivity contribution is 6.09. The summed E-state index contributed by atoms with van der Waals surface area (Å²) in [5.74, 6) is -0.853. The van der Waals surface area contributed by atoms with Crippen LogP contribution in [0.3, 0.4) is 0 Å². The Morgan fingerprint density at radius 2 is 1.90 bits per heavy atom. The molecule has 1 saturated heterocycles. The van der Waals surface area contributed by atoms with Crippen LogP contribution in [0.2, 0.25) is 0 Å². The molecule has 9 heteroatoms. The predicted molar refractivity (Wildman–Crippen MR) is 149 cm³/mol. The molecule has 1 aromatic heterocycles. The molecule has 1 fully saturated rings. The second kappa shape index (κ2) is 11.5. The Labute approximate surface area is 231 Å². The summed E-state index contributed by atoms with van der Waals surface area (Å²) in [6, 6.07) is 20.4. The van der Waals surface area contributed by atoms with E-state index in [2.05, 4.69) is 10.3 Å². The van der Waals surface area contributed by atoms with Crippen molar-refractivity contribution in [3.8, 4) is 17.2 Å². The molecule has 1 N–H and O–H groups in total. The number of anilines is 1. The Bertz CT molecular complexity index is 1590. The number of carbonyl (C=O) groups excluding carboxylic acids is 2. The molecule has 0 radical (unpaired) electrons. The van der Waals surface area contributed by atoms with Gasteiger partial charge in [0.15, 0.2) is 11.6 Å². The number of rotatable bonds is 7. The molecule has 2 unspecified atom stereocenters. The molecule has 0 aliphatic carbocycles. The number of pyridine rings is 1. The van der Waals surface area contributed by atoms with E-state index >= 15 is 4.39 Å². The summed E-state index contributed by atoms with van der Waals surface area (Å²) in [4.78, 5) is 32.3. The zero-order valence-electron chi connectivity index (χ0n) is 22.3. The highest BCUT2D eigenvalue weighted by Crippen LogP contribution is 2.33. The van der Waals surface area contributed by atoms with Gasteiger partial charge in [-0.25, -0.2) is 4.39 Å². The van der Waals surface area contributed by atoms with E-state index in [9.17, 15) is 9.59 Å². The molecule has 0 spiro atoms. The highest BCUT2D eigenvalue weighted by Gasteiger charge is 2.40. The molecule has 2 heterocycles. The van der Waals surface area contributed by atoms with Crippen molar-refractivity contribution in [2.45, 2.75) is 26.1 Å². The van der Waals surface area contributed by atoms with Gasteiger partial charge in [-0.2, -0.15) is 0 Å². The van der Waals surface area contributed by atoms with Crippen molar-refractivity contribution in [1.29, 1.82) is 0 Å². The van der Waals surface area contributed by atoms with Gasteiger partial charge in [0, 0.05) is 35.1 Å². The number of halogens is 1. The van der Waals surface area contributed by atoms with Gasteiger partial charge >= 0.3 is 0 Å². The lowest BCUT2D eigenvalue weighted by Crippen LogP contribution is -2.52. The third-order valence-electron chi connectivity index (χ3n) is 6.72. The van der Waals surface area contributed by atoms with Gasteiger partial charge < -0.3 is 24.4 Å². The van der Waals surface area contributed by atoms with Gasteiger partial charge in [0.2, 0.25) is 6.10 Å². The summed E-state index contributed by atoms with van der Waals surface area (Å²) in [6.07, 6.45) is 1.45. The number of aromatic nitrogens is 1. The number of nitrogens with one attached hydrogen (secondary N) is 1. The first-order valence-corrected chi connectivity index (χ1v) is 12.7. The highest BCUT2D eigenvalue weighted by atomic mass is 19.1. The van der Waals surface area contributed by atoms with Crippen molar-refractivity contribution in [3.63, 3.8) is 0 Å². The molecular weight excluding hydrogens is 513 g/mol. The van der Waals surface area contributed by atoms with Gasteiger partial charge in [-0.1, -0.05) is 36.4 Å². The topological polar surface area (TPSA) is 90.0 Å². The van der Waals surface area contributed by atoms with Crippen LogP contribution in [0.5, 0.6) is 17.2 Å². The standard InChI is InChI=1S/C31H28FN3O5/c1-4-19(2)35-18-28(20-8-6-5-7-9-20)40-29(31(35)37)30(36)34-21-10-13-27(24(32)16-21)39-26-14-15-33-25-17-22(38-3)11-12-23(25)26/h4-17,28-29H,18H2,1-3H3,(H,34,36). The number of carbonyl (C=O) groups is 2. The van der Waals surface area contributed by atoms with Crippen LogP contribution in [0.4, 0.5) is 10.1 Å². The van der Waals surface area contributed by atoms with Crippen LogP contribution in [-0.4, -0.2) is 41.5 Å². The SMILES string of the molecule is CC=C(C)N1CC(c2ccccc2)OC(C(=O)Nc2ccc(Oc3ccnc4cc(OC)ccc34)c(F)c2)C1=O. The lowest BCUT2D eigenvalue weighted by Gasteiger charge is -2.37. The number of ether oxygens (including phenoxy) is 3. The number of morpholine rings is 1. The largest absolute Gasteiger partial charge is 0.497 e. The first-order valence-electron chi connectivity index (χ1n) is 12.7. The number of fused-ring (bicyclic) bond motifs is 1. The first kappa shape index (κ1) is 26.8. The van der Waals surface area contributed by atoms with Crippen LogP contribution >= 0.6 is 0 Å². The van der Waals surface area contributed by atoms with Crippen molar-refractivity contribution >= 4 is 28.4 Å². The van der Waals surface area contributed by atoms with Crippen molar-refractivity contribution < 1.29 is 28.2 Å². The molecule has 2 amide bonds. The van der Waals surface area contributed by atoms with Crippen LogP contribution in [0, 0.1) is 5.82 Å². The van der Waals surface area contributed by atoms with Crippen LogP contribution < -0.4 is 14.8 Å². The van der Waals surface area contributed by atoms with E-state index in [0.29, 0.717) is 28.1 Å². The van der Waals surface area contributed by atoms with E-state index < -0.39 is 29.8 Å². The van der Waals surface area contributed by atoms with E-state index in [1.54, 1.807) is 50.6 Å². The third-order valence-corrected chi connectivity index (χ3v) is 6.72. The Kier molecular flexibility index (Phi) is 7.75. The summed E-state index contributed by atoms with van der Waals surface area (Å²) in [6.45, 7) is 3.90. The molecule has 40 heavy (non-hydrogen) atoms. The molecule has 1 aliphatic rings. The molecule has 8 nitrogen and oxygen atoms in total. The molecule has 3 aromatic carbocycles. The van der Waals surface area contributed by atoms with Crippen molar-refractivity contribution in [2.24, 2.45) is 0 Å². The third kappa shape index (κ3) is 5.50. The summed E-state index contributed by atoms with van der Waals surface area (Å²) in [7, 11) is 1.56. The first-order chi connectivity index (χ1) is 19.4. The minimum Gasteiger partial charge on any atom is -0.497 e. The Hall–Kier alpha value is -4.76. The van der Waals surface area contributed by atoms with Crippen molar-refractivity contribution in [2.75, 3.05) is 19.0 Å². The monoisotopic (exact) mass is 541 g/mol. The maximum Gasteiger partial charge on any atom is 0.265 e. The molecule has 5 rings (SSSR count). The van der Waals surface area contributed by atoms with Gasteiger partial charge in [-0.3, -0.25) is 14.6 Å². The van der Waals surface area contributed by atoms with Gasteiger partial charge in [-0.05, 0) is 49.7 Å². The molecule has 4 aromatic rings. The fourth-order valence-electron chi connectivity index (χ4n) is 4.47. The second-order valence-electron chi connectivity index (χ2n) is 9.22. The summed E-state index contributed by atoms with van der Waals surface area (Å²) < 4.78 is 32.1. The van der Waals surface area contributed by atoms with Gasteiger partial charge in [0.05, 0.1) is 19.2 Å². The maximum atomic E-state index is 15.1. The maximum absolute atomic E-state index is 15.1. The fraction of sp³-hybridized carbons (Fsp3) is 0.194. The summed E-state index contributed by atoms with van der Waals surface area (Å²) in [5.41, 5.74) is 2.35. The number of hydrogen-bond acceptors (Lipinski definition) is 6. The number of methoxy groups -OCH3 is 1. The minimum atomic E-state index is -1.41. The number of hydrogen-bond donors (Lipinski definition) is 1. The zero-order valence-corrected chi connectivity index (χ0v) is 22.3. The minimum absolute atomic E-state index is 0.0367. The quantitative estimate of drug-likeness (QED) is 0.289. The van der Waals surface area contributed by atoms with Crippen molar-refractivity contribution in [3.05, 3.63) is 102 Å². The van der Waals surface area contributed by atoms with E-state index in [0.717, 1.165) is 11.6 Å². The van der Waals surface area contributed by atoms with Crippen molar-refractivity contribution in [1.82, 2.24) is 9.88 Å².